The number of carbonyl (C=O) groups excluding carboxylic acids is 1. The zero-order valence-corrected chi connectivity index (χ0v) is 7.69. The number of unbranched alkanes of at least 4 members (excludes halogenated alkanes) is 2. The van der Waals surface area contributed by atoms with Crippen molar-refractivity contribution in [2.45, 2.75) is 26.2 Å². The van der Waals surface area contributed by atoms with E-state index < -0.39 is 0 Å². The van der Waals surface area contributed by atoms with Crippen molar-refractivity contribution in [2.24, 2.45) is 0 Å². The molecule has 7 heavy (non-hydrogen) atoms. The molecule has 1 nitrogen and oxygen atoms in total. The van der Waals surface area contributed by atoms with Gasteiger partial charge in [-0.05, 0) is 0 Å². The molecule has 0 saturated heterocycles. The Morgan fingerprint density at radius 1 is 1.57 bits per heavy atom. The normalized spacial score (nSPS) is 7.00. The van der Waals surface area contributed by atoms with Crippen molar-refractivity contribution in [3.8, 4) is 0 Å². The molecule has 0 aromatic carbocycles. The average molecular weight is 266 g/mol. The van der Waals surface area contributed by atoms with Gasteiger partial charge in [-0.15, -0.1) is 0 Å². The molecule has 0 spiro atoms. The van der Waals surface area contributed by atoms with Crippen LogP contribution in [0, 0.1) is 0 Å². The van der Waals surface area contributed by atoms with E-state index in [-0.39, 0.29) is 22.4 Å². The molecule has 0 heterocycles. The molecule has 0 atom stereocenters. The van der Waals surface area contributed by atoms with Crippen LogP contribution >= 0.6 is 0 Å². The van der Waals surface area contributed by atoms with E-state index in [1.807, 2.05) is 6.29 Å². The Kier molecular flexibility index (Phi) is 14.3. The van der Waals surface area contributed by atoms with Crippen LogP contribution in [0.2, 0.25) is 0 Å². The Bertz CT molecular complexity index is 37.1. The minimum Gasteiger partial charge on any atom is -0.542 e. The van der Waals surface area contributed by atoms with E-state index in [0.717, 1.165) is 12.8 Å². The quantitative estimate of drug-likeness (QED) is 0.555. The Morgan fingerprint density at radius 3 is 2.29 bits per heavy atom. The summed E-state index contributed by atoms with van der Waals surface area (Å²) in [7, 11) is 0. The first-order valence-corrected chi connectivity index (χ1v) is 2.26. The molecule has 2 heteroatoms. The van der Waals surface area contributed by atoms with Crippen molar-refractivity contribution in [3.05, 3.63) is 0 Å². The molecular formula is C5H9OTa-. The van der Waals surface area contributed by atoms with Crippen LogP contribution in [-0.4, -0.2) is 6.29 Å². The summed E-state index contributed by atoms with van der Waals surface area (Å²) < 4.78 is 0. The molecule has 0 fully saturated rings. The van der Waals surface area contributed by atoms with E-state index in [0.29, 0.717) is 6.42 Å². The number of hydrogen-bond donors (Lipinski definition) is 0. The zero-order valence-electron chi connectivity index (χ0n) is 4.48. The van der Waals surface area contributed by atoms with Gasteiger partial charge in [0.15, 0.2) is 0 Å². The Labute approximate surface area is 60.0 Å². The maximum absolute atomic E-state index is 9.44. The molecule has 0 aromatic rings. The van der Waals surface area contributed by atoms with Crippen molar-refractivity contribution >= 4 is 6.29 Å². The van der Waals surface area contributed by atoms with Gasteiger partial charge in [0.1, 0.15) is 0 Å². The summed E-state index contributed by atoms with van der Waals surface area (Å²) >= 11 is 0. The van der Waals surface area contributed by atoms with E-state index in [1.165, 1.54) is 0 Å². The smallest absolute Gasteiger partial charge is 0 e. The molecule has 0 bridgehead atoms. The number of rotatable bonds is 3. The largest absolute Gasteiger partial charge is 0.542 e. The molecule has 0 N–H and O–H groups in total. The van der Waals surface area contributed by atoms with E-state index in [2.05, 4.69) is 6.92 Å². The van der Waals surface area contributed by atoms with Crippen molar-refractivity contribution in [1.29, 1.82) is 0 Å². The Morgan fingerprint density at radius 2 is 2.14 bits per heavy atom. The van der Waals surface area contributed by atoms with E-state index in [9.17, 15) is 4.79 Å². The molecule has 0 aromatic heterocycles. The van der Waals surface area contributed by atoms with Gasteiger partial charge in [-0.1, -0.05) is 19.8 Å². The Balaban J connectivity index is 0. The van der Waals surface area contributed by atoms with Crippen LogP contribution in [0.5, 0.6) is 0 Å². The molecular weight excluding hydrogens is 257 g/mol. The summed E-state index contributed by atoms with van der Waals surface area (Å²) in [5.41, 5.74) is 0. The molecule has 0 rings (SSSR count). The molecule has 1 radical (unpaired) electrons. The van der Waals surface area contributed by atoms with Gasteiger partial charge in [0.2, 0.25) is 0 Å². The van der Waals surface area contributed by atoms with Gasteiger partial charge in [-0.3, -0.25) is 6.29 Å². The van der Waals surface area contributed by atoms with Gasteiger partial charge >= 0.3 is 0 Å². The van der Waals surface area contributed by atoms with Crippen LogP contribution in [0.4, 0.5) is 0 Å². The van der Waals surface area contributed by atoms with Crippen molar-refractivity contribution < 1.29 is 27.2 Å². The molecule has 0 saturated carbocycles. The Hall–Kier alpha value is 0.410. The monoisotopic (exact) mass is 266 g/mol. The predicted octanol–water partition coefficient (Wildman–Crippen LogP) is 1.28. The second-order valence-electron chi connectivity index (χ2n) is 1.25. The SMILES string of the molecule is CCCC[C-]=O.[Ta]. The topological polar surface area (TPSA) is 17.1 Å². The third kappa shape index (κ3) is 10.7. The molecule has 41 valence electrons. The third-order valence-electron chi connectivity index (χ3n) is 0.632. The standard InChI is InChI=1S/C5H9O.Ta/c1-2-3-4-5-6;/h2-4H2,1H3;/q-1;. The van der Waals surface area contributed by atoms with Crippen molar-refractivity contribution in [1.82, 2.24) is 0 Å². The van der Waals surface area contributed by atoms with Gasteiger partial charge in [-0.2, -0.15) is 6.42 Å². The maximum Gasteiger partial charge on any atom is 0 e. The average Bonchev–Trinajstić information content (AvgIpc) is 1.61. The summed E-state index contributed by atoms with van der Waals surface area (Å²) in [4.78, 5) is 9.44. The first-order valence-electron chi connectivity index (χ1n) is 2.26. The summed E-state index contributed by atoms with van der Waals surface area (Å²) in [6.07, 6.45) is 4.51. The summed E-state index contributed by atoms with van der Waals surface area (Å²) in [6.45, 7) is 2.05. The predicted molar refractivity (Wildman–Crippen MR) is 25.2 cm³/mol. The third-order valence-corrected chi connectivity index (χ3v) is 0.632. The van der Waals surface area contributed by atoms with Crippen molar-refractivity contribution in [2.75, 3.05) is 0 Å². The van der Waals surface area contributed by atoms with Crippen LogP contribution in [0.3, 0.4) is 0 Å². The number of hydrogen-bond acceptors (Lipinski definition) is 1. The maximum atomic E-state index is 9.44. The fourth-order valence-electron chi connectivity index (χ4n) is 0.249. The molecule has 0 aliphatic carbocycles. The second kappa shape index (κ2) is 9.65. The van der Waals surface area contributed by atoms with Gasteiger partial charge in [0, 0.05) is 22.4 Å². The van der Waals surface area contributed by atoms with E-state index in [1.54, 1.807) is 0 Å². The van der Waals surface area contributed by atoms with Crippen molar-refractivity contribution in [3.63, 3.8) is 0 Å². The minimum atomic E-state index is 0. The second-order valence-corrected chi connectivity index (χ2v) is 1.25. The van der Waals surface area contributed by atoms with Crippen LogP contribution in [0.25, 0.3) is 0 Å². The van der Waals surface area contributed by atoms with Crippen LogP contribution in [0.1, 0.15) is 26.2 Å². The first-order chi connectivity index (χ1) is 2.91. The first kappa shape index (κ1) is 10.4. The molecule has 0 unspecified atom stereocenters. The van der Waals surface area contributed by atoms with Crippen LogP contribution in [-0.2, 0) is 27.2 Å². The summed E-state index contributed by atoms with van der Waals surface area (Å²) in [6, 6.07) is 0. The fourth-order valence-corrected chi connectivity index (χ4v) is 0.249. The minimum absolute atomic E-state index is 0. The fraction of sp³-hybridized carbons (Fsp3) is 0.800. The van der Waals surface area contributed by atoms with Gasteiger partial charge in [0.25, 0.3) is 0 Å². The van der Waals surface area contributed by atoms with Crippen LogP contribution in [0.15, 0.2) is 0 Å². The molecule has 0 aliphatic heterocycles. The summed E-state index contributed by atoms with van der Waals surface area (Å²) in [5.74, 6) is 0. The summed E-state index contributed by atoms with van der Waals surface area (Å²) in [5, 5.41) is 0. The van der Waals surface area contributed by atoms with E-state index in [4.69, 9.17) is 0 Å². The van der Waals surface area contributed by atoms with E-state index >= 15 is 0 Å². The molecule has 0 amide bonds. The van der Waals surface area contributed by atoms with Gasteiger partial charge in [-0.25, -0.2) is 0 Å². The van der Waals surface area contributed by atoms with Crippen LogP contribution < -0.4 is 0 Å². The molecule has 0 aliphatic rings. The zero-order chi connectivity index (χ0) is 4.83. The van der Waals surface area contributed by atoms with Gasteiger partial charge in [0.05, 0.1) is 0 Å². The van der Waals surface area contributed by atoms with Gasteiger partial charge < -0.3 is 4.79 Å².